The van der Waals surface area contributed by atoms with E-state index in [1.807, 2.05) is 18.2 Å². The van der Waals surface area contributed by atoms with Crippen molar-refractivity contribution in [1.29, 1.82) is 0 Å². The SMILES string of the molecule is O=C(CCCC(=O)c1ccccc1)Nc1ccc(C(=O)C2CC2)cc1. The molecule has 0 aromatic heterocycles. The molecule has 0 unspecified atom stereocenters. The second-order valence-corrected chi connectivity index (χ2v) is 6.41. The highest BCUT2D eigenvalue weighted by atomic mass is 16.1. The molecule has 1 aliphatic rings. The van der Waals surface area contributed by atoms with E-state index in [9.17, 15) is 14.4 Å². The van der Waals surface area contributed by atoms with Gasteiger partial charge in [-0.1, -0.05) is 30.3 Å². The summed E-state index contributed by atoms with van der Waals surface area (Å²) in [6.07, 6.45) is 3.13. The largest absolute Gasteiger partial charge is 0.326 e. The molecule has 0 atom stereocenters. The lowest BCUT2D eigenvalue weighted by Gasteiger charge is -2.06. The quantitative estimate of drug-likeness (QED) is 0.733. The van der Waals surface area contributed by atoms with E-state index < -0.39 is 0 Å². The maximum Gasteiger partial charge on any atom is 0.224 e. The van der Waals surface area contributed by atoms with E-state index in [1.165, 1.54) is 0 Å². The van der Waals surface area contributed by atoms with Gasteiger partial charge in [0.2, 0.25) is 5.91 Å². The number of rotatable bonds is 8. The van der Waals surface area contributed by atoms with Crippen molar-refractivity contribution in [2.45, 2.75) is 32.1 Å². The van der Waals surface area contributed by atoms with Crippen LogP contribution in [0.25, 0.3) is 0 Å². The normalized spacial score (nSPS) is 13.3. The van der Waals surface area contributed by atoms with E-state index in [2.05, 4.69) is 5.32 Å². The first-order valence-electron chi connectivity index (χ1n) is 8.66. The second-order valence-electron chi connectivity index (χ2n) is 6.41. The number of ketones is 2. The van der Waals surface area contributed by atoms with E-state index >= 15 is 0 Å². The fraction of sp³-hybridized carbons (Fsp3) is 0.286. The molecule has 1 aliphatic carbocycles. The molecule has 1 fully saturated rings. The molecule has 4 nitrogen and oxygen atoms in total. The van der Waals surface area contributed by atoms with Crippen molar-refractivity contribution in [3.63, 3.8) is 0 Å². The van der Waals surface area contributed by atoms with Gasteiger partial charge in [-0.2, -0.15) is 0 Å². The maximum absolute atomic E-state index is 12.0. The number of amides is 1. The molecule has 4 heteroatoms. The third-order valence-corrected chi connectivity index (χ3v) is 4.30. The maximum atomic E-state index is 12.0. The molecule has 1 amide bonds. The Morgan fingerprint density at radius 2 is 1.52 bits per heavy atom. The molecule has 0 heterocycles. The second kappa shape index (κ2) is 7.88. The molecule has 2 aromatic rings. The minimum Gasteiger partial charge on any atom is -0.326 e. The molecular formula is C21H21NO3. The van der Waals surface area contributed by atoms with Crippen LogP contribution in [0.15, 0.2) is 54.6 Å². The summed E-state index contributed by atoms with van der Waals surface area (Å²) in [4.78, 5) is 35.9. The van der Waals surface area contributed by atoms with Gasteiger partial charge in [-0.05, 0) is 43.5 Å². The van der Waals surface area contributed by atoms with Gasteiger partial charge >= 0.3 is 0 Å². The standard InChI is InChI=1S/C21H21NO3/c23-19(15-5-2-1-3-6-15)7-4-8-20(24)22-18-13-11-17(12-14-18)21(25)16-9-10-16/h1-3,5-6,11-14,16H,4,7-10H2,(H,22,24). The molecule has 25 heavy (non-hydrogen) atoms. The molecule has 0 spiro atoms. The van der Waals surface area contributed by atoms with E-state index in [4.69, 9.17) is 0 Å². The third-order valence-electron chi connectivity index (χ3n) is 4.30. The highest BCUT2D eigenvalue weighted by molar-refractivity contribution is 6.00. The summed E-state index contributed by atoms with van der Waals surface area (Å²) in [5.41, 5.74) is 2.06. The topological polar surface area (TPSA) is 63.2 Å². The smallest absolute Gasteiger partial charge is 0.224 e. The lowest BCUT2D eigenvalue weighted by molar-refractivity contribution is -0.116. The summed E-state index contributed by atoms with van der Waals surface area (Å²) in [7, 11) is 0. The van der Waals surface area contributed by atoms with Crippen molar-refractivity contribution in [2.24, 2.45) is 5.92 Å². The molecule has 3 rings (SSSR count). The molecule has 2 aromatic carbocycles. The zero-order valence-corrected chi connectivity index (χ0v) is 14.0. The first-order valence-corrected chi connectivity index (χ1v) is 8.66. The lowest BCUT2D eigenvalue weighted by Crippen LogP contribution is -2.12. The van der Waals surface area contributed by atoms with Crippen LogP contribution in [0.2, 0.25) is 0 Å². The van der Waals surface area contributed by atoms with Gasteiger partial charge in [0, 0.05) is 35.6 Å². The number of hydrogen-bond donors (Lipinski definition) is 1. The van der Waals surface area contributed by atoms with Crippen molar-refractivity contribution in [3.8, 4) is 0 Å². The summed E-state index contributed by atoms with van der Waals surface area (Å²) >= 11 is 0. The highest BCUT2D eigenvalue weighted by Crippen LogP contribution is 2.32. The van der Waals surface area contributed by atoms with Crippen molar-refractivity contribution >= 4 is 23.2 Å². The minimum atomic E-state index is -0.123. The average molecular weight is 335 g/mol. The summed E-state index contributed by atoms with van der Waals surface area (Å²) in [5, 5.41) is 2.80. The number of hydrogen-bond acceptors (Lipinski definition) is 3. The van der Waals surface area contributed by atoms with Gasteiger partial charge in [0.05, 0.1) is 0 Å². The Morgan fingerprint density at radius 1 is 0.840 bits per heavy atom. The third kappa shape index (κ3) is 4.86. The van der Waals surface area contributed by atoms with Crippen LogP contribution in [0, 0.1) is 5.92 Å². The summed E-state index contributed by atoms with van der Waals surface area (Å²) in [6, 6.07) is 16.1. The van der Waals surface area contributed by atoms with E-state index in [0.29, 0.717) is 36.1 Å². The highest BCUT2D eigenvalue weighted by Gasteiger charge is 2.30. The number of carbonyl (C=O) groups is 3. The molecule has 128 valence electrons. The van der Waals surface area contributed by atoms with Crippen molar-refractivity contribution in [1.82, 2.24) is 0 Å². The molecule has 0 saturated heterocycles. The molecule has 1 N–H and O–H groups in total. The molecule has 0 radical (unpaired) electrons. The van der Waals surface area contributed by atoms with Crippen LogP contribution >= 0.6 is 0 Å². The molecule has 0 aliphatic heterocycles. The van der Waals surface area contributed by atoms with Gasteiger partial charge in [0.1, 0.15) is 0 Å². The summed E-state index contributed by atoms with van der Waals surface area (Å²) < 4.78 is 0. The van der Waals surface area contributed by atoms with Gasteiger partial charge in [-0.3, -0.25) is 14.4 Å². The van der Waals surface area contributed by atoms with Crippen LogP contribution < -0.4 is 5.32 Å². The van der Waals surface area contributed by atoms with Crippen molar-refractivity contribution < 1.29 is 14.4 Å². The monoisotopic (exact) mass is 335 g/mol. The van der Waals surface area contributed by atoms with E-state index in [0.717, 1.165) is 12.8 Å². The Kier molecular flexibility index (Phi) is 5.39. The van der Waals surface area contributed by atoms with Gasteiger partial charge in [-0.25, -0.2) is 0 Å². The van der Waals surface area contributed by atoms with Crippen molar-refractivity contribution in [2.75, 3.05) is 5.32 Å². The number of Topliss-reactive ketones (excluding diaryl/α,β-unsaturated/α-hetero) is 2. The first kappa shape index (κ1) is 17.1. The predicted octanol–water partition coefficient (Wildman–Crippen LogP) is 4.27. The summed E-state index contributed by atoms with van der Waals surface area (Å²) in [5.74, 6) is 0.318. The van der Waals surface area contributed by atoms with E-state index in [1.54, 1.807) is 36.4 Å². The lowest BCUT2D eigenvalue weighted by atomic mass is 10.1. The Labute approximate surface area is 147 Å². The first-order chi connectivity index (χ1) is 12.1. The Bertz CT molecular complexity index is 761. The zero-order chi connectivity index (χ0) is 17.6. The van der Waals surface area contributed by atoms with Gasteiger partial charge in [0.15, 0.2) is 11.6 Å². The molecular weight excluding hydrogens is 314 g/mol. The number of carbonyl (C=O) groups excluding carboxylic acids is 3. The summed E-state index contributed by atoms with van der Waals surface area (Å²) in [6.45, 7) is 0. The Morgan fingerprint density at radius 3 is 2.16 bits per heavy atom. The van der Waals surface area contributed by atoms with Crippen LogP contribution in [0.3, 0.4) is 0 Å². The molecule has 1 saturated carbocycles. The number of benzene rings is 2. The van der Waals surface area contributed by atoms with Crippen molar-refractivity contribution in [3.05, 3.63) is 65.7 Å². The minimum absolute atomic E-state index is 0.0522. The number of anilines is 1. The van der Waals surface area contributed by atoms with Crippen LogP contribution in [0.5, 0.6) is 0 Å². The fourth-order valence-corrected chi connectivity index (χ4v) is 2.70. The van der Waals surface area contributed by atoms with Gasteiger partial charge in [0.25, 0.3) is 0 Å². The van der Waals surface area contributed by atoms with Crippen LogP contribution in [0.1, 0.15) is 52.8 Å². The number of nitrogens with one attached hydrogen (secondary N) is 1. The van der Waals surface area contributed by atoms with E-state index in [-0.39, 0.29) is 23.4 Å². The Balaban J connectivity index is 1.43. The Hall–Kier alpha value is -2.75. The average Bonchev–Trinajstić information content (AvgIpc) is 3.47. The zero-order valence-electron chi connectivity index (χ0n) is 14.0. The van der Waals surface area contributed by atoms with Gasteiger partial charge in [-0.15, -0.1) is 0 Å². The molecule has 0 bridgehead atoms. The fourth-order valence-electron chi connectivity index (χ4n) is 2.70. The van der Waals surface area contributed by atoms with Crippen LogP contribution in [-0.2, 0) is 4.79 Å². The van der Waals surface area contributed by atoms with Crippen LogP contribution in [0.4, 0.5) is 5.69 Å². The van der Waals surface area contributed by atoms with Crippen LogP contribution in [-0.4, -0.2) is 17.5 Å². The van der Waals surface area contributed by atoms with Gasteiger partial charge < -0.3 is 5.32 Å². The predicted molar refractivity (Wildman–Crippen MR) is 96.7 cm³/mol.